The Morgan fingerprint density at radius 1 is 0.903 bits per heavy atom. The van der Waals surface area contributed by atoms with Crippen molar-refractivity contribution in [1.82, 2.24) is 20.2 Å². The number of tetrazole rings is 1. The summed E-state index contributed by atoms with van der Waals surface area (Å²) in [6.07, 6.45) is 0. The molecule has 4 rings (SSSR count). The summed E-state index contributed by atoms with van der Waals surface area (Å²) < 4.78 is 17.6. The van der Waals surface area contributed by atoms with Gasteiger partial charge in [0, 0.05) is 16.9 Å². The maximum Gasteiger partial charge on any atom is 0.207 e. The zero-order valence-corrected chi connectivity index (χ0v) is 18.4. The van der Waals surface area contributed by atoms with Crippen molar-refractivity contribution in [1.29, 1.82) is 0 Å². The van der Waals surface area contributed by atoms with Crippen LogP contribution in [0.25, 0.3) is 22.5 Å². The molecule has 0 saturated carbocycles. The second kappa shape index (κ2) is 9.96. The number of rotatable bonds is 4. The van der Waals surface area contributed by atoms with Crippen LogP contribution in [0, 0.1) is 13.8 Å². The highest BCUT2D eigenvalue weighted by molar-refractivity contribution is 7.69. The van der Waals surface area contributed by atoms with E-state index in [1.165, 1.54) is 21.5 Å². The fourth-order valence-electron chi connectivity index (χ4n) is 3.12. The molecule has 0 spiro atoms. The van der Waals surface area contributed by atoms with E-state index >= 15 is 0 Å². The highest BCUT2D eigenvalue weighted by Gasteiger charge is 2.15. The van der Waals surface area contributed by atoms with E-state index in [1.807, 2.05) is 6.07 Å². The van der Waals surface area contributed by atoms with Crippen LogP contribution in [-0.2, 0) is 17.9 Å². The number of hydrogen-bond acceptors (Lipinski definition) is 6. The minimum atomic E-state index is -2.62. The third-order valence-electron chi connectivity index (χ3n) is 4.74. The lowest BCUT2D eigenvalue weighted by Gasteiger charge is -2.14. The third-order valence-corrected chi connectivity index (χ3v) is 4.74. The molecule has 1 heterocycles. The topological polar surface area (TPSA) is 116 Å². The fourth-order valence-corrected chi connectivity index (χ4v) is 3.12. The minimum absolute atomic E-state index is 0.627. The van der Waals surface area contributed by atoms with Crippen LogP contribution in [0.3, 0.4) is 0 Å². The molecule has 3 aromatic carbocycles. The minimum Gasteiger partial charge on any atom is -0.355 e. The average Bonchev–Trinajstić information content (AvgIpc) is 3.17. The van der Waals surface area contributed by atoms with E-state index < -0.39 is 10.9 Å². The molecule has 0 bridgehead atoms. The molecule has 0 atom stereocenters. The molecule has 9 heteroatoms. The zero-order chi connectivity index (χ0) is 22.4. The monoisotopic (exact) mass is 436 g/mol. The van der Waals surface area contributed by atoms with E-state index in [2.05, 4.69) is 100 Å². The van der Waals surface area contributed by atoms with E-state index in [0.29, 0.717) is 5.82 Å². The number of hydrogen-bond donors (Lipinski definition) is 3. The number of aryl methyl sites for hydroxylation is 2. The van der Waals surface area contributed by atoms with Gasteiger partial charge in [-0.15, -0.1) is 10.2 Å². The highest BCUT2D eigenvalue weighted by atomic mass is 32.2. The zero-order valence-electron chi connectivity index (χ0n) is 17.5. The van der Waals surface area contributed by atoms with Gasteiger partial charge in [0.1, 0.15) is 0 Å². The molecule has 0 unspecified atom stereocenters. The summed E-state index contributed by atoms with van der Waals surface area (Å²) in [6.45, 7) is 4.18. The van der Waals surface area contributed by atoms with Crippen molar-refractivity contribution in [2.75, 3.05) is 5.32 Å². The van der Waals surface area contributed by atoms with Crippen LogP contribution in [0.5, 0.6) is 0 Å². The number of aromatic nitrogens is 4. The predicted molar refractivity (Wildman–Crippen MR) is 123 cm³/mol. The molecule has 31 heavy (non-hydrogen) atoms. The molecule has 4 aromatic rings. The Morgan fingerprint density at radius 3 is 2.10 bits per heavy atom. The number of nitrogens with one attached hydrogen (secondary N) is 1. The molecular formula is C22H24N6O2S. The van der Waals surface area contributed by atoms with Crippen molar-refractivity contribution in [2.45, 2.75) is 13.8 Å². The maximum absolute atomic E-state index is 8.81. The molecule has 160 valence electrons. The normalized spacial score (nSPS) is 10.5. The number of nitrogens with zero attached hydrogens (tertiary/aromatic N) is 4. The molecule has 0 saturated heterocycles. The number of thiol groups is 1. The van der Waals surface area contributed by atoms with Crippen LogP contribution in [0.1, 0.15) is 11.1 Å². The van der Waals surface area contributed by atoms with E-state index in [4.69, 9.17) is 8.42 Å². The van der Waals surface area contributed by atoms with Crippen LogP contribution < -0.4 is 10.5 Å². The molecule has 0 amide bonds. The summed E-state index contributed by atoms with van der Waals surface area (Å²) in [5.41, 5.74) is 7.71. The van der Waals surface area contributed by atoms with Crippen molar-refractivity contribution >= 4 is 22.3 Å². The van der Waals surface area contributed by atoms with Gasteiger partial charge in [-0.25, -0.2) is 13.6 Å². The molecular weight excluding hydrogens is 412 g/mol. The summed E-state index contributed by atoms with van der Waals surface area (Å²) >= 11 is 0. The van der Waals surface area contributed by atoms with E-state index in [9.17, 15) is 0 Å². The van der Waals surface area contributed by atoms with E-state index in [1.54, 1.807) is 7.05 Å². The van der Waals surface area contributed by atoms with Crippen LogP contribution in [0.15, 0.2) is 66.7 Å². The second-order valence-electron chi connectivity index (χ2n) is 6.89. The Labute approximate surface area is 182 Å². The Hall–Kier alpha value is -3.56. The first kappa shape index (κ1) is 22.1. The average molecular weight is 437 g/mol. The number of benzene rings is 3. The standard InChI is InChI=1S/C22H21N5.H3NO2S/c1-15-9-14-20(21(16(15)2)22-24-26-27(3)25-22)23-19-12-10-18(11-13-19)17-7-5-4-6-8-17;1-4(2)3/h4-14,23H,1-3H3;4H,(H2,1,2,3). The first-order valence-electron chi connectivity index (χ1n) is 9.51. The Morgan fingerprint density at radius 2 is 1.52 bits per heavy atom. The second-order valence-corrected chi connectivity index (χ2v) is 7.46. The quantitative estimate of drug-likeness (QED) is 0.423. The molecule has 8 nitrogen and oxygen atoms in total. The maximum atomic E-state index is 8.81. The lowest BCUT2D eigenvalue weighted by Crippen LogP contribution is -1.99. The molecule has 0 fully saturated rings. The van der Waals surface area contributed by atoms with Gasteiger partial charge in [-0.05, 0) is 59.5 Å². The Bertz CT molecular complexity index is 1230. The lowest BCUT2D eigenvalue weighted by molar-refractivity contribution is 0.616. The highest BCUT2D eigenvalue weighted by Crippen LogP contribution is 2.33. The van der Waals surface area contributed by atoms with Crippen molar-refractivity contribution in [3.63, 3.8) is 0 Å². The van der Waals surface area contributed by atoms with E-state index in [0.717, 1.165) is 22.5 Å². The first-order chi connectivity index (χ1) is 14.8. The molecule has 3 N–H and O–H groups in total. The largest absolute Gasteiger partial charge is 0.355 e. The number of anilines is 2. The Balaban J connectivity index is 0.000000628. The molecule has 1 aromatic heterocycles. The fraction of sp³-hybridized carbons (Fsp3) is 0.136. The van der Waals surface area contributed by atoms with Crippen molar-refractivity contribution in [2.24, 2.45) is 12.2 Å². The molecule has 0 radical (unpaired) electrons. The van der Waals surface area contributed by atoms with Gasteiger partial charge in [-0.2, -0.15) is 4.80 Å². The van der Waals surface area contributed by atoms with Crippen LogP contribution in [0.2, 0.25) is 0 Å². The SMILES string of the molecule is Cc1ccc(Nc2ccc(-c3ccccc3)cc2)c(-c2nnn(C)n2)c1C.N[SH](=O)=O. The summed E-state index contributed by atoms with van der Waals surface area (Å²) in [5.74, 6) is 0.627. The van der Waals surface area contributed by atoms with Crippen molar-refractivity contribution in [3.8, 4) is 22.5 Å². The third kappa shape index (κ3) is 5.74. The van der Waals surface area contributed by atoms with Gasteiger partial charge in [0.05, 0.1) is 7.05 Å². The summed E-state index contributed by atoms with van der Waals surface area (Å²) in [4.78, 5) is 1.48. The van der Waals surface area contributed by atoms with Crippen LogP contribution in [-0.4, -0.2) is 28.6 Å². The van der Waals surface area contributed by atoms with Gasteiger partial charge >= 0.3 is 0 Å². The van der Waals surface area contributed by atoms with Gasteiger partial charge in [0.25, 0.3) is 0 Å². The predicted octanol–water partition coefficient (Wildman–Crippen LogP) is 3.38. The number of nitrogens with two attached hydrogens (primary N) is 1. The first-order valence-corrected chi connectivity index (χ1v) is 10.8. The molecule has 0 aliphatic heterocycles. The molecule has 0 aliphatic carbocycles. The van der Waals surface area contributed by atoms with Crippen LogP contribution in [0.4, 0.5) is 11.4 Å². The lowest BCUT2D eigenvalue weighted by atomic mass is 10.0. The van der Waals surface area contributed by atoms with Gasteiger partial charge in [0.15, 0.2) is 10.9 Å². The van der Waals surface area contributed by atoms with Crippen LogP contribution >= 0.6 is 0 Å². The summed E-state index contributed by atoms with van der Waals surface area (Å²) in [6, 6.07) is 23.0. The van der Waals surface area contributed by atoms with Gasteiger partial charge in [0.2, 0.25) is 5.82 Å². The summed E-state index contributed by atoms with van der Waals surface area (Å²) in [5, 5.41) is 20.2. The smallest absolute Gasteiger partial charge is 0.207 e. The van der Waals surface area contributed by atoms with Crippen molar-refractivity contribution < 1.29 is 8.42 Å². The summed E-state index contributed by atoms with van der Waals surface area (Å²) in [7, 11) is -0.846. The van der Waals surface area contributed by atoms with E-state index in [-0.39, 0.29) is 0 Å². The van der Waals surface area contributed by atoms with Gasteiger partial charge in [-0.3, -0.25) is 0 Å². The van der Waals surface area contributed by atoms with Gasteiger partial charge < -0.3 is 5.32 Å². The van der Waals surface area contributed by atoms with Crippen molar-refractivity contribution in [3.05, 3.63) is 77.9 Å². The Kier molecular flexibility index (Phi) is 7.11. The van der Waals surface area contributed by atoms with Gasteiger partial charge in [-0.1, -0.05) is 48.5 Å². The molecule has 0 aliphatic rings.